The Morgan fingerprint density at radius 1 is 1.20 bits per heavy atom. The van der Waals surface area contributed by atoms with E-state index in [4.69, 9.17) is 0 Å². The molecule has 0 aliphatic carbocycles. The summed E-state index contributed by atoms with van der Waals surface area (Å²) < 4.78 is 40.3. The third kappa shape index (κ3) is 3.34. The maximum Gasteiger partial charge on any atom is 0.573 e. The van der Waals surface area contributed by atoms with Crippen molar-refractivity contribution in [3.05, 3.63) is 59.4 Å². The van der Waals surface area contributed by atoms with Crippen molar-refractivity contribution in [2.24, 2.45) is 0 Å². The zero-order chi connectivity index (χ0) is 14.8. The molecule has 0 N–H and O–H groups in total. The maximum atomic E-state index is 12.1. The van der Waals surface area contributed by atoms with Crippen LogP contribution in [0.3, 0.4) is 0 Å². The van der Waals surface area contributed by atoms with Crippen LogP contribution in [0.4, 0.5) is 13.2 Å². The van der Waals surface area contributed by atoms with E-state index >= 15 is 0 Å². The van der Waals surface area contributed by atoms with Crippen molar-refractivity contribution in [2.45, 2.75) is 13.3 Å². The molecule has 0 radical (unpaired) electrons. The minimum Gasteiger partial charge on any atom is -0.406 e. The zero-order valence-corrected chi connectivity index (χ0v) is 10.4. The fraction of sp³-hybridized carbons (Fsp3) is 0.143. The minimum absolute atomic E-state index is 0.226. The first-order valence-electron chi connectivity index (χ1n) is 5.69. The van der Waals surface area contributed by atoms with Crippen molar-refractivity contribution in [2.75, 3.05) is 0 Å². The van der Waals surface area contributed by atoms with Gasteiger partial charge in [-0.15, -0.1) is 13.2 Å². The summed E-state index contributed by atoms with van der Waals surface area (Å²) in [7, 11) is 0. The number of pyridine rings is 1. The molecule has 0 bridgehead atoms. The Bertz CT molecular complexity index is 624. The molecule has 20 heavy (non-hydrogen) atoms. The number of hydrogen-bond acceptors (Lipinski definition) is 3. The van der Waals surface area contributed by atoms with Crippen molar-refractivity contribution in [1.29, 1.82) is 0 Å². The number of ketones is 1. The molecule has 2 rings (SSSR count). The monoisotopic (exact) mass is 281 g/mol. The molecular formula is C14H10F3NO2. The zero-order valence-electron chi connectivity index (χ0n) is 10.4. The van der Waals surface area contributed by atoms with Gasteiger partial charge in [0.2, 0.25) is 5.78 Å². The molecule has 1 aromatic carbocycles. The molecule has 0 aliphatic heterocycles. The van der Waals surface area contributed by atoms with Gasteiger partial charge in [0.1, 0.15) is 11.4 Å². The second-order valence-corrected chi connectivity index (χ2v) is 4.07. The van der Waals surface area contributed by atoms with E-state index in [0.29, 0.717) is 0 Å². The molecule has 1 aromatic heterocycles. The Labute approximate surface area is 113 Å². The second kappa shape index (κ2) is 5.32. The van der Waals surface area contributed by atoms with E-state index in [0.717, 1.165) is 6.07 Å². The normalized spacial score (nSPS) is 11.2. The van der Waals surface area contributed by atoms with Crippen LogP contribution < -0.4 is 4.74 Å². The fourth-order valence-corrected chi connectivity index (χ4v) is 1.67. The SMILES string of the molecule is Cc1cc(C(=O)c2ccccn2)ccc1OC(F)(F)F. The van der Waals surface area contributed by atoms with Crippen LogP contribution in [0, 0.1) is 6.92 Å². The summed E-state index contributed by atoms with van der Waals surface area (Å²) >= 11 is 0. The molecule has 0 spiro atoms. The summed E-state index contributed by atoms with van der Waals surface area (Å²) in [5.41, 5.74) is 0.719. The number of benzene rings is 1. The topological polar surface area (TPSA) is 39.2 Å². The first kappa shape index (κ1) is 14.0. The summed E-state index contributed by atoms with van der Waals surface area (Å²) in [5.74, 6) is -0.678. The van der Waals surface area contributed by atoms with Crippen LogP contribution in [0.5, 0.6) is 5.75 Å². The minimum atomic E-state index is -4.75. The number of aromatic nitrogens is 1. The van der Waals surface area contributed by atoms with E-state index in [1.165, 1.54) is 31.3 Å². The highest BCUT2D eigenvalue weighted by atomic mass is 19.4. The molecule has 0 aliphatic rings. The van der Waals surface area contributed by atoms with Crippen LogP contribution in [0.1, 0.15) is 21.6 Å². The van der Waals surface area contributed by atoms with E-state index in [1.54, 1.807) is 12.1 Å². The van der Waals surface area contributed by atoms with Gasteiger partial charge in [0, 0.05) is 11.8 Å². The van der Waals surface area contributed by atoms with E-state index in [-0.39, 0.29) is 28.4 Å². The number of aryl methyl sites for hydroxylation is 1. The summed E-state index contributed by atoms with van der Waals surface area (Å²) in [4.78, 5) is 16.0. The molecule has 104 valence electrons. The quantitative estimate of drug-likeness (QED) is 0.808. The fourth-order valence-electron chi connectivity index (χ4n) is 1.67. The first-order chi connectivity index (χ1) is 9.37. The molecule has 6 heteroatoms. The summed E-state index contributed by atoms with van der Waals surface area (Å²) in [5, 5.41) is 0. The largest absolute Gasteiger partial charge is 0.573 e. The number of rotatable bonds is 3. The number of nitrogens with zero attached hydrogens (tertiary/aromatic N) is 1. The molecule has 0 unspecified atom stereocenters. The molecule has 2 aromatic rings. The molecule has 0 amide bonds. The average Bonchev–Trinajstić information content (AvgIpc) is 2.40. The van der Waals surface area contributed by atoms with Crippen LogP contribution in [0.2, 0.25) is 0 Å². The molecule has 3 nitrogen and oxygen atoms in total. The maximum absolute atomic E-state index is 12.1. The van der Waals surface area contributed by atoms with Gasteiger partial charge in [0.05, 0.1) is 0 Å². The van der Waals surface area contributed by atoms with Crippen LogP contribution in [-0.2, 0) is 0 Å². The van der Waals surface area contributed by atoms with Crippen LogP contribution in [-0.4, -0.2) is 17.1 Å². The Morgan fingerprint density at radius 2 is 1.95 bits per heavy atom. The number of hydrogen-bond donors (Lipinski definition) is 0. The molecule has 0 saturated heterocycles. The molecule has 0 saturated carbocycles. The predicted octanol–water partition coefficient (Wildman–Crippen LogP) is 3.52. The van der Waals surface area contributed by atoms with Gasteiger partial charge >= 0.3 is 6.36 Å². The number of alkyl halides is 3. The smallest absolute Gasteiger partial charge is 0.406 e. The van der Waals surface area contributed by atoms with Crippen LogP contribution in [0.15, 0.2) is 42.6 Å². The van der Waals surface area contributed by atoms with E-state index in [1.807, 2.05) is 0 Å². The molecule has 0 atom stereocenters. The van der Waals surface area contributed by atoms with Crippen molar-refractivity contribution in [3.63, 3.8) is 0 Å². The highest BCUT2D eigenvalue weighted by molar-refractivity contribution is 6.07. The molecular weight excluding hydrogens is 271 g/mol. The standard InChI is InChI=1S/C14H10F3NO2/c1-9-8-10(5-6-12(9)20-14(15,16)17)13(19)11-4-2-3-7-18-11/h2-8H,1H3. The average molecular weight is 281 g/mol. The lowest BCUT2D eigenvalue weighted by molar-refractivity contribution is -0.274. The predicted molar refractivity (Wildman–Crippen MR) is 65.5 cm³/mol. The number of carbonyl (C=O) groups excluding carboxylic acids is 1. The third-order valence-corrected chi connectivity index (χ3v) is 2.56. The Morgan fingerprint density at radius 3 is 2.50 bits per heavy atom. The highest BCUT2D eigenvalue weighted by Crippen LogP contribution is 2.27. The second-order valence-electron chi connectivity index (χ2n) is 4.07. The lowest BCUT2D eigenvalue weighted by Gasteiger charge is -2.12. The summed E-state index contributed by atoms with van der Waals surface area (Å²) in [6.07, 6.45) is -3.28. The number of carbonyl (C=O) groups is 1. The highest BCUT2D eigenvalue weighted by Gasteiger charge is 2.31. The van der Waals surface area contributed by atoms with Gasteiger partial charge < -0.3 is 4.74 Å². The van der Waals surface area contributed by atoms with Gasteiger partial charge in [-0.3, -0.25) is 9.78 Å². The van der Waals surface area contributed by atoms with Gasteiger partial charge in [0.25, 0.3) is 0 Å². The lowest BCUT2D eigenvalue weighted by Crippen LogP contribution is -2.18. The van der Waals surface area contributed by atoms with Gasteiger partial charge in [-0.2, -0.15) is 0 Å². The lowest BCUT2D eigenvalue weighted by atomic mass is 10.0. The first-order valence-corrected chi connectivity index (χ1v) is 5.69. The van der Waals surface area contributed by atoms with Gasteiger partial charge in [-0.25, -0.2) is 0 Å². The van der Waals surface area contributed by atoms with E-state index in [9.17, 15) is 18.0 Å². The van der Waals surface area contributed by atoms with Gasteiger partial charge in [0.15, 0.2) is 0 Å². The molecule has 1 heterocycles. The Balaban J connectivity index is 2.28. The van der Waals surface area contributed by atoms with E-state index < -0.39 is 6.36 Å². The third-order valence-electron chi connectivity index (χ3n) is 2.56. The van der Waals surface area contributed by atoms with Crippen molar-refractivity contribution in [1.82, 2.24) is 4.98 Å². The Hall–Kier alpha value is -2.37. The van der Waals surface area contributed by atoms with Crippen molar-refractivity contribution in [3.8, 4) is 5.75 Å². The van der Waals surface area contributed by atoms with Crippen molar-refractivity contribution < 1.29 is 22.7 Å². The summed E-state index contributed by atoms with van der Waals surface area (Å²) in [6.45, 7) is 1.44. The van der Waals surface area contributed by atoms with Gasteiger partial charge in [-0.05, 0) is 42.8 Å². The number of halogens is 3. The Kier molecular flexibility index (Phi) is 3.74. The van der Waals surface area contributed by atoms with Gasteiger partial charge in [-0.1, -0.05) is 6.07 Å². The van der Waals surface area contributed by atoms with E-state index in [2.05, 4.69) is 9.72 Å². The number of ether oxygens (including phenoxy) is 1. The van der Waals surface area contributed by atoms with Crippen LogP contribution in [0.25, 0.3) is 0 Å². The van der Waals surface area contributed by atoms with Crippen molar-refractivity contribution >= 4 is 5.78 Å². The van der Waals surface area contributed by atoms with Crippen LogP contribution >= 0.6 is 0 Å². The summed E-state index contributed by atoms with van der Waals surface area (Å²) in [6, 6.07) is 8.62. The molecule has 0 fully saturated rings.